The quantitative estimate of drug-likeness (QED) is 0.770. The molecule has 0 saturated heterocycles. The molecule has 0 aliphatic carbocycles. The molecule has 1 aromatic carbocycles. The first kappa shape index (κ1) is 13.4. The number of benzene rings is 1. The summed E-state index contributed by atoms with van der Waals surface area (Å²) in [5.74, 6) is 1.56. The van der Waals surface area contributed by atoms with E-state index in [1.807, 2.05) is 31.2 Å². The van der Waals surface area contributed by atoms with Crippen molar-refractivity contribution in [3.8, 4) is 5.75 Å². The highest BCUT2D eigenvalue weighted by Gasteiger charge is 2.15. The number of aryl methyl sites for hydroxylation is 1. The molecular formula is C15H17N5O. The van der Waals surface area contributed by atoms with E-state index in [0.29, 0.717) is 5.82 Å². The Morgan fingerprint density at radius 1 is 1.19 bits per heavy atom. The first-order valence-corrected chi connectivity index (χ1v) is 6.76. The third-order valence-electron chi connectivity index (χ3n) is 3.47. The van der Waals surface area contributed by atoms with Gasteiger partial charge in [0, 0.05) is 5.56 Å². The fourth-order valence-electron chi connectivity index (χ4n) is 2.36. The van der Waals surface area contributed by atoms with Gasteiger partial charge in [-0.15, -0.1) is 0 Å². The van der Waals surface area contributed by atoms with Gasteiger partial charge in [0.05, 0.1) is 18.8 Å². The van der Waals surface area contributed by atoms with Gasteiger partial charge in [-0.1, -0.05) is 18.2 Å². The van der Waals surface area contributed by atoms with Crippen molar-refractivity contribution in [1.29, 1.82) is 0 Å². The van der Waals surface area contributed by atoms with Crippen LogP contribution in [0.2, 0.25) is 0 Å². The second-order valence-electron chi connectivity index (χ2n) is 4.88. The van der Waals surface area contributed by atoms with E-state index in [-0.39, 0.29) is 6.04 Å². The fraction of sp³-hybridized carbons (Fsp3) is 0.267. The number of aromatic nitrogens is 4. The Bertz CT molecular complexity index is 768. The summed E-state index contributed by atoms with van der Waals surface area (Å²) in [6.45, 7) is 4.00. The van der Waals surface area contributed by atoms with Gasteiger partial charge in [-0.3, -0.25) is 5.10 Å². The van der Waals surface area contributed by atoms with Gasteiger partial charge >= 0.3 is 0 Å². The van der Waals surface area contributed by atoms with E-state index in [4.69, 9.17) is 4.74 Å². The van der Waals surface area contributed by atoms with Crippen molar-refractivity contribution in [3.63, 3.8) is 0 Å². The summed E-state index contributed by atoms with van der Waals surface area (Å²) >= 11 is 0. The maximum atomic E-state index is 5.40. The van der Waals surface area contributed by atoms with Crippen LogP contribution in [0.3, 0.4) is 0 Å². The van der Waals surface area contributed by atoms with Gasteiger partial charge in [-0.05, 0) is 19.9 Å². The molecule has 3 aromatic rings. The number of anilines is 1. The van der Waals surface area contributed by atoms with Crippen molar-refractivity contribution < 1.29 is 4.74 Å². The van der Waals surface area contributed by atoms with Crippen LogP contribution in [0.1, 0.15) is 24.2 Å². The number of rotatable bonds is 4. The first-order valence-electron chi connectivity index (χ1n) is 6.76. The summed E-state index contributed by atoms with van der Waals surface area (Å²) in [6, 6.07) is 7.96. The molecule has 2 heterocycles. The van der Waals surface area contributed by atoms with Gasteiger partial charge in [-0.2, -0.15) is 5.10 Å². The van der Waals surface area contributed by atoms with Crippen molar-refractivity contribution in [2.24, 2.45) is 0 Å². The second-order valence-corrected chi connectivity index (χ2v) is 4.88. The number of nitrogens with one attached hydrogen (secondary N) is 2. The topological polar surface area (TPSA) is 75.7 Å². The van der Waals surface area contributed by atoms with Crippen LogP contribution in [0.15, 0.2) is 30.6 Å². The Labute approximate surface area is 122 Å². The number of ether oxygens (including phenoxy) is 1. The molecular weight excluding hydrogens is 266 g/mol. The van der Waals surface area contributed by atoms with Gasteiger partial charge in [0.1, 0.15) is 17.6 Å². The number of nitrogens with zero attached hydrogens (tertiary/aromatic N) is 3. The number of hydrogen-bond donors (Lipinski definition) is 2. The molecule has 0 spiro atoms. The molecule has 0 bridgehead atoms. The van der Waals surface area contributed by atoms with Crippen molar-refractivity contribution in [3.05, 3.63) is 41.9 Å². The number of para-hydroxylation sites is 1. The number of fused-ring (bicyclic) bond motifs is 1. The zero-order valence-corrected chi connectivity index (χ0v) is 12.2. The smallest absolute Gasteiger partial charge is 0.158 e. The number of H-pyrrole nitrogens is 1. The highest BCUT2D eigenvalue weighted by atomic mass is 16.5. The standard InChI is InChI=1S/C15H17N5O/c1-9(11-6-4-5-7-12(11)21-3)18-15-14-13(16-8-17-15)10(2)19-20-14/h4-9H,1-3H3,(H,19,20)(H,16,17,18)/t9-/m1/s1. The lowest BCUT2D eigenvalue weighted by Crippen LogP contribution is -2.10. The van der Waals surface area contributed by atoms with Crippen LogP contribution >= 0.6 is 0 Å². The van der Waals surface area contributed by atoms with Gasteiger partial charge in [0.15, 0.2) is 11.3 Å². The normalized spacial score (nSPS) is 12.3. The molecule has 0 amide bonds. The van der Waals surface area contributed by atoms with Gasteiger partial charge in [0.2, 0.25) is 0 Å². The van der Waals surface area contributed by atoms with Crippen LogP contribution in [0.4, 0.5) is 5.82 Å². The minimum absolute atomic E-state index is 0.0382. The summed E-state index contributed by atoms with van der Waals surface area (Å²) in [4.78, 5) is 8.54. The number of methoxy groups -OCH3 is 1. The highest BCUT2D eigenvalue weighted by molar-refractivity contribution is 5.86. The molecule has 2 aromatic heterocycles. The third-order valence-corrected chi connectivity index (χ3v) is 3.47. The van der Waals surface area contributed by atoms with Crippen LogP contribution in [-0.2, 0) is 0 Å². The minimum atomic E-state index is 0.0382. The van der Waals surface area contributed by atoms with Crippen molar-refractivity contribution in [2.75, 3.05) is 12.4 Å². The minimum Gasteiger partial charge on any atom is -0.496 e. The largest absolute Gasteiger partial charge is 0.496 e. The Hall–Kier alpha value is -2.63. The molecule has 2 N–H and O–H groups in total. The molecule has 0 fully saturated rings. The Morgan fingerprint density at radius 2 is 2.00 bits per heavy atom. The van der Waals surface area contributed by atoms with E-state index in [1.54, 1.807) is 13.4 Å². The molecule has 0 aliphatic rings. The lowest BCUT2D eigenvalue weighted by atomic mass is 10.1. The lowest BCUT2D eigenvalue weighted by molar-refractivity contribution is 0.408. The Balaban J connectivity index is 1.95. The molecule has 3 rings (SSSR count). The van der Waals surface area contributed by atoms with Crippen molar-refractivity contribution >= 4 is 16.9 Å². The zero-order chi connectivity index (χ0) is 14.8. The number of hydrogen-bond acceptors (Lipinski definition) is 5. The molecule has 0 aliphatic heterocycles. The molecule has 0 saturated carbocycles. The summed E-state index contributed by atoms with van der Waals surface area (Å²) in [6.07, 6.45) is 1.54. The third kappa shape index (κ3) is 2.40. The van der Waals surface area contributed by atoms with E-state index < -0.39 is 0 Å². The maximum absolute atomic E-state index is 5.40. The Morgan fingerprint density at radius 3 is 2.81 bits per heavy atom. The first-order chi connectivity index (χ1) is 10.2. The van der Waals surface area contributed by atoms with E-state index in [2.05, 4.69) is 32.4 Å². The van der Waals surface area contributed by atoms with Crippen LogP contribution < -0.4 is 10.1 Å². The van der Waals surface area contributed by atoms with Crippen LogP contribution in [0, 0.1) is 6.92 Å². The molecule has 21 heavy (non-hydrogen) atoms. The van der Waals surface area contributed by atoms with E-state index in [9.17, 15) is 0 Å². The summed E-state index contributed by atoms with van der Waals surface area (Å²) in [7, 11) is 1.67. The predicted octanol–water partition coefficient (Wildman–Crippen LogP) is 2.84. The maximum Gasteiger partial charge on any atom is 0.158 e. The molecule has 0 radical (unpaired) electrons. The summed E-state index contributed by atoms with van der Waals surface area (Å²) in [5.41, 5.74) is 3.58. The van der Waals surface area contributed by atoms with Crippen LogP contribution in [-0.4, -0.2) is 27.3 Å². The van der Waals surface area contributed by atoms with E-state index in [1.165, 1.54) is 0 Å². The van der Waals surface area contributed by atoms with Gasteiger partial charge in [0.25, 0.3) is 0 Å². The lowest BCUT2D eigenvalue weighted by Gasteiger charge is -2.17. The predicted molar refractivity (Wildman–Crippen MR) is 81.5 cm³/mol. The second kappa shape index (κ2) is 5.40. The SMILES string of the molecule is COc1ccccc1[C@@H](C)Nc1ncnc2c(C)[nH]nc12. The molecule has 6 nitrogen and oxygen atoms in total. The molecule has 6 heteroatoms. The average Bonchev–Trinajstić information content (AvgIpc) is 2.90. The van der Waals surface area contributed by atoms with Crippen molar-refractivity contribution in [2.45, 2.75) is 19.9 Å². The van der Waals surface area contributed by atoms with Gasteiger partial charge in [-0.25, -0.2) is 9.97 Å². The van der Waals surface area contributed by atoms with Crippen LogP contribution in [0.5, 0.6) is 5.75 Å². The fourth-order valence-corrected chi connectivity index (χ4v) is 2.36. The molecule has 108 valence electrons. The monoisotopic (exact) mass is 283 g/mol. The van der Waals surface area contributed by atoms with Crippen molar-refractivity contribution in [1.82, 2.24) is 20.2 Å². The summed E-state index contributed by atoms with van der Waals surface area (Å²) < 4.78 is 5.40. The zero-order valence-electron chi connectivity index (χ0n) is 12.2. The summed E-state index contributed by atoms with van der Waals surface area (Å²) in [5, 5.41) is 10.6. The van der Waals surface area contributed by atoms with E-state index >= 15 is 0 Å². The number of aromatic amines is 1. The van der Waals surface area contributed by atoms with Crippen LogP contribution in [0.25, 0.3) is 11.0 Å². The van der Waals surface area contributed by atoms with Gasteiger partial charge < -0.3 is 10.1 Å². The Kier molecular flexibility index (Phi) is 3.43. The van der Waals surface area contributed by atoms with E-state index in [0.717, 1.165) is 28.0 Å². The molecule has 0 unspecified atom stereocenters. The highest BCUT2D eigenvalue weighted by Crippen LogP contribution is 2.28. The average molecular weight is 283 g/mol. The molecule has 1 atom stereocenters.